The van der Waals surface area contributed by atoms with Gasteiger partial charge in [-0.05, 0) is 38.5 Å². The van der Waals surface area contributed by atoms with Gasteiger partial charge in [0.15, 0.2) is 0 Å². The number of carbonyl (C=O) groups is 1. The van der Waals surface area contributed by atoms with Crippen LogP contribution in [0.15, 0.2) is 0 Å². The fourth-order valence-electron chi connectivity index (χ4n) is 1.97. The number of methoxy groups -OCH3 is 1. The molecular weight excluding hydrogens is 190 g/mol. The largest absolute Gasteiger partial charge is 0.468 e. The molecule has 0 spiro atoms. The van der Waals surface area contributed by atoms with Crippen LogP contribution in [0.2, 0.25) is 0 Å². The third-order valence-electron chi connectivity index (χ3n) is 3.95. The molecule has 0 bridgehead atoms. The molecule has 2 unspecified atom stereocenters. The number of nitrogens with one attached hydrogen (secondary N) is 1. The normalized spacial score (nSPS) is 24.1. The van der Waals surface area contributed by atoms with Crippen molar-refractivity contribution in [3.63, 3.8) is 0 Å². The van der Waals surface area contributed by atoms with Crippen LogP contribution < -0.4 is 5.32 Å². The van der Waals surface area contributed by atoms with Gasteiger partial charge < -0.3 is 4.74 Å². The Morgan fingerprint density at radius 2 is 2.13 bits per heavy atom. The second-order valence-electron chi connectivity index (χ2n) is 5.13. The number of rotatable bonds is 5. The minimum absolute atomic E-state index is 0.0729. The van der Waals surface area contributed by atoms with E-state index in [4.69, 9.17) is 4.74 Å². The average Bonchev–Trinajstić information content (AvgIpc) is 2.96. The Morgan fingerprint density at radius 3 is 2.47 bits per heavy atom. The highest BCUT2D eigenvalue weighted by atomic mass is 16.5. The molecule has 1 saturated carbocycles. The maximum Gasteiger partial charge on any atom is 0.326 e. The van der Waals surface area contributed by atoms with Crippen LogP contribution in [0, 0.1) is 5.41 Å². The van der Waals surface area contributed by atoms with Crippen LogP contribution in [0.3, 0.4) is 0 Å². The molecule has 0 aromatic carbocycles. The van der Waals surface area contributed by atoms with Gasteiger partial charge in [-0.3, -0.25) is 10.1 Å². The van der Waals surface area contributed by atoms with Gasteiger partial charge in [0.1, 0.15) is 5.54 Å². The summed E-state index contributed by atoms with van der Waals surface area (Å²) in [6, 6.07) is 0.339. The van der Waals surface area contributed by atoms with Crippen LogP contribution in [0.25, 0.3) is 0 Å². The molecule has 2 atom stereocenters. The van der Waals surface area contributed by atoms with Crippen molar-refractivity contribution in [2.75, 3.05) is 7.11 Å². The molecule has 1 aliphatic carbocycles. The number of carbonyl (C=O) groups excluding carboxylic acids is 1. The fourth-order valence-corrected chi connectivity index (χ4v) is 1.97. The second-order valence-corrected chi connectivity index (χ2v) is 5.13. The van der Waals surface area contributed by atoms with Gasteiger partial charge in [-0.1, -0.05) is 13.8 Å². The Kier molecular flexibility index (Phi) is 3.44. The Bertz CT molecular complexity index is 248. The lowest BCUT2D eigenvalue weighted by Gasteiger charge is -2.36. The van der Waals surface area contributed by atoms with E-state index in [1.807, 2.05) is 6.92 Å². The maximum atomic E-state index is 11.9. The lowest BCUT2D eigenvalue weighted by Crippen LogP contribution is -2.58. The highest BCUT2D eigenvalue weighted by molar-refractivity contribution is 5.82. The molecule has 0 heterocycles. The van der Waals surface area contributed by atoms with E-state index in [0.29, 0.717) is 6.04 Å². The third-order valence-corrected chi connectivity index (χ3v) is 3.95. The van der Waals surface area contributed by atoms with E-state index >= 15 is 0 Å². The zero-order valence-corrected chi connectivity index (χ0v) is 10.5. The highest BCUT2D eigenvalue weighted by Crippen LogP contribution is 2.54. The van der Waals surface area contributed by atoms with Crippen LogP contribution in [0.4, 0.5) is 0 Å². The Balaban J connectivity index is 2.82. The summed E-state index contributed by atoms with van der Waals surface area (Å²) in [7, 11) is 1.46. The van der Waals surface area contributed by atoms with Gasteiger partial charge in [0.25, 0.3) is 0 Å². The highest BCUT2D eigenvalue weighted by Gasteiger charge is 2.58. The third kappa shape index (κ3) is 2.17. The van der Waals surface area contributed by atoms with E-state index in [1.165, 1.54) is 7.11 Å². The van der Waals surface area contributed by atoms with Crippen LogP contribution in [0.5, 0.6) is 0 Å². The lowest BCUT2D eigenvalue weighted by molar-refractivity contribution is -0.151. The van der Waals surface area contributed by atoms with Crippen molar-refractivity contribution in [3.8, 4) is 0 Å². The fraction of sp³-hybridized carbons (Fsp3) is 0.917. The topological polar surface area (TPSA) is 38.3 Å². The van der Waals surface area contributed by atoms with Gasteiger partial charge in [0, 0.05) is 6.04 Å². The van der Waals surface area contributed by atoms with Gasteiger partial charge in [0.2, 0.25) is 0 Å². The molecule has 0 aliphatic heterocycles. The molecule has 0 saturated heterocycles. The monoisotopic (exact) mass is 213 g/mol. The molecule has 1 fully saturated rings. The standard InChI is InChI=1S/C12H23NO2/c1-6-9(2)13-12(4,10(14)15-5)11(3)7-8-11/h9,13H,6-8H2,1-5H3. The summed E-state index contributed by atoms with van der Waals surface area (Å²) in [6.45, 7) is 8.34. The Morgan fingerprint density at radius 1 is 1.60 bits per heavy atom. The van der Waals surface area contributed by atoms with Gasteiger partial charge >= 0.3 is 5.97 Å². The van der Waals surface area contributed by atoms with Gasteiger partial charge in [-0.2, -0.15) is 0 Å². The molecule has 15 heavy (non-hydrogen) atoms. The molecule has 0 aromatic rings. The molecule has 1 rings (SSSR count). The quantitative estimate of drug-likeness (QED) is 0.711. The van der Waals surface area contributed by atoms with Crippen LogP contribution in [-0.2, 0) is 9.53 Å². The van der Waals surface area contributed by atoms with E-state index in [1.54, 1.807) is 0 Å². The molecule has 0 aromatic heterocycles. The van der Waals surface area contributed by atoms with Gasteiger partial charge in [-0.25, -0.2) is 0 Å². The molecule has 3 nitrogen and oxygen atoms in total. The van der Waals surface area contributed by atoms with E-state index in [0.717, 1.165) is 19.3 Å². The number of hydrogen-bond donors (Lipinski definition) is 1. The predicted octanol–water partition coefficient (Wildman–Crippen LogP) is 2.11. The van der Waals surface area contributed by atoms with Gasteiger partial charge in [-0.15, -0.1) is 0 Å². The Labute approximate surface area is 92.6 Å². The summed E-state index contributed by atoms with van der Waals surface area (Å²) in [6.07, 6.45) is 3.22. The number of ether oxygens (including phenoxy) is 1. The summed E-state index contributed by atoms with van der Waals surface area (Å²) >= 11 is 0. The number of esters is 1. The molecule has 1 aliphatic rings. The lowest BCUT2D eigenvalue weighted by atomic mass is 9.83. The SMILES string of the molecule is CCC(C)NC(C)(C(=O)OC)C1(C)CC1. The van der Waals surface area contributed by atoms with Crippen molar-refractivity contribution >= 4 is 5.97 Å². The zero-order valence-electron chi connectivity index (χ0n) is 10.5. The first-order valence-corrected chi connectivity index (χ1v) is 5.75. The van der Waals surface area contributed by atoms with E-state index in [2.05, 4.69) is 26.1 Å². The average molecular weight is 213 g/mol. The van der Waals surface area contributed by atoms with E-state index < -0.39 is 5.54 Å². The Hall–Kier alpha value is -0.570. The smallest absolute Gasteiger partial charge is 0.326 e. The van der Waals surface area contributed by atoms with Gasteiger partial charge in [0.05, 0.1) is 7.11 Å². The van der Waals surface area contributed by atoms with Crippen molar-refractivity contribution in [1.82, 2.24) is 5.32 Å². The summed E-state index contributed by atoms with van der Waals surface area (Å²) in [5.41, 5.74) is -0.458. The molecule has 0 amide bonds. The van der Waals surface area contributed by atoms with Crippen LogP contribution in [0.1, 0.15) is 47.0 Å². The maximum absolute atomic E-state index is 11.9. The molecule has 0 radical (unpaired) electrons. The van der Waals surface area contributed by atoms with Crippen molar-refractivity contribution in [2.24, 2.45) is 5.41 Å². The first kappa shape index (κ1) is 12.5. The second kappa shape index (κ2) is 4.12. The summed E-state index contributed by atoms with van der Waals surface area (Å²) in [5, 5.41) is 3.42. The molecule has 3 heteroatoms. The van der Waals surface area contributed by atoms with Crippen molar-refractivity contribution < 1.29 is 9.53 Å². The molecular formula is C12H23NO2. The number of hydrogen-bond acceptors (Lipinski definition) is 3. The van der Waals surface area contributed by atoms with Crippen molar-refractivity contribution in [1.29, 1.82) is 0 Å². The van der Waals surface area contributed by atoms with E-state index in [-0.39, 0.29) is 11.4 Å². The first-order chi connectivity index (χ1) is 6.89. The van der Waals surface area contributed by atoms with Crippen LogP contribution in [-0.4, -0.2) is 24.7 Å². The first-order valence-electron chi connectivity index (χ1n) is 5.75. The zero-order chi connectivity index (χ0) is 11.7. The summed E-state index contributed by atoms with van der Waals surface area (Å²) < 4.78 is 4.93. The summed E-state index contributed by atoms with van der Waals surface area (Å²) in [4.78, 5) is 11.9. The summed E-state index contributed by atoms with van der Waals surface area (Å²) in [5.74, 6) is -0.136. The van der Waals surface area contributed by atoms with Crippen molar-refractivity contribution in [2.45, 2.75) is 58.5 Å². The van der Waals surface area contributed by atoms with Crippen molar-refractivity contribution in [3.05, 3.63) is 0 Å². The minimum atomic E-state index is -0.531. The molecule has 88 valence electrons. The van der Waals surface area contributed by atoms with E-state index in [9.17, 15) is 4.79 Å². The van der Waals surface area contributed by atoms with Crippen LogP contribution >= 0.6 is 0 Å². The minimum Gasteiger partial charge on any atom is -0.468 e. The molecule has 1 N–H and O–H groups in total. The predicted molar refractivity (Wildman–Crippen MR) is 60.7 cm³/mol.